The molecule has 0 aromatic heterocycles. The van der Waals surface area contributed by atoms with Crippen LogP contribution in [0.15, 0.2) is 158 Å². The Hall–Kier alpha value is -3.82. The summed E-state index contributed by atoms with van der Waals surface area (Å²) >= 11 is 0. The zero-order valence-electron chi connectivity index (χ0n) is 26.8. The minimum absolute atomic E-state index is 0.331. The molecule has 0 radical (unpaired) electrons. The molecule has 224 valence electrons. The summed E-state index contributed by atoms with van der Waals surface area (Å²) in [5, 5.41) is 5.76. The second-order valence-electron chi connectivity index (χ2n) is 12.2. The van der Waals surface area contributed by atoms with Crippen LogP contribution in [0.3, 0.4) is 0 Å². The number of aryl methyl sites for hydroxylation is 4. The first-order valence-corrected chi connectivity index (χ1v) is 18.7. The van der Waals surface area contributed by atoms with Crippen molar-refractivity contribution in [3.63, 3.8) is 0 Å². The molecule has 0 amide bonds. The van der Waals surface area contributed by atoms with Gasteiger partial charge in [-0.15, -0.1) is 0 Å². The Bertz CT molecular complexity index is 1550. The average molecular weight is 621 g/mol. The summed E-state index contributed by atoms with van der Waals surface area (Å²) in [6.07, 6.45) is 1.05. The Morgan fingerprint density at radius 1 is 0.333 bits per heavy atom. The molecule has 0 aliphatic rings. The molecule has 0 bridgehead atoms. The van der Waals surface area contributed by atoms with Crippen LogP contribution in [0.4, 0.5) is 0 Å². The molecule has 0 aliphatic heterocycles. The summed E-state index contributed by atoms with van der Waals surface area (Å²) in [6.45, 7) is 8.76. The third-order valence-corrected chi connectivity index (χ3v) is 14.4. The number of hydrogen-bond donors (Lipinski definition) is 0. The third kappa shape index (κ3) is 7.53. The van der Waals surface area contributed by atoms with Crippen molar-refractivity contribution in [3.05, 3.63) is 191 Å². The molecular formula is C43H42P2. The molecule has 0 nitrogen and oxygen atoms in total. The standard InChI is InChI=1S/C43H42P2/c1-32-15-23-38(24-16-32)44(39-25-17-33(2)18-26-39)42(36-11-7-5-8-12-36)31-43(37-13-9-6-10-14-37)45(40-27-19-34(3)20-28-40)41-29-21-35(4)22-30-41/h5-30,42-43H,31H2,1-4H3. The fourth-order valence-corrected chi connectivity index (χ4v) is 12.0. The van der Waals surface area contributed by atoms with Crippen molar-refractivity contribution in [1.29, 1.82) is 0 Å². The summed E-state index contributed by atoms with van der Waals surface area (Å²) in [4.78, 5) is 0. The van der Waals surface area contributed by atoms with Crippen LogP contribution in [0.5, 0.6) is 0 Å². The van der Waals surface area contributed by atoms with Crippen LogP contribution in [0.1, 0.15) is 51.1 Å². The maximum absolute atomic E-state index is 2.39. The van der Waals surface area contributed by atoms with Gasteiger partial charge in [0.25, 0.3) is 0 Å². The van der Waals surface area contributed by atoms with E-state index in [4.69, 9.17) is 0 Å². The lowest BCUT2D eigenvalue weighted by Gasteiger charge is -2.36. The molecule has 2 atom stereocenters. The van der Waals surface area contributed by atoms with Gasteiger partial charge in [0.1, 0.15) is 0 Å². The van der Waals surface area contributed by atoms with Crippen molar-refractivity contribution in [2.45, 2.75) is 45.4 Å². The molecule has 0 fully saturated rings. The lowest BCUT2D eigenvalue weighted by molar-refractivity contribution is 0.775. The highest BCUT2D eigenvalue weighted by molar-refractivity contribution is 7.74. The molecule has 6 aromatic carbocycles. The lowest BCUT2D eigenvalue weighted by Crippen LogP contribution is -2.22. The van der Waals surface area contributed by atoms with Gasteiger partial charge in [0.2, 0.25) is 0 Å². The molecule has 0 aliphatic carbocycles. The van der Waals surface area contributed by atoms with Gasteiger partial charge < -0.3 is 0 Å². The molecule has 6 aromatic rings. The SMILES string of the molecule is Cc1ccc(P(c2ccc(C)cc2)C(CC(c2ccccc2)P(c2ccc(C)cc2)c2ccc(C)cc2)c2ccccc2)cc1. The lowest BCUT2D eigenvalue weighted by atomic mass is 10.0. The molecular weight excluding hydrogens is 578 g/mol. The maximum atomic E-state index is 2.39. The predicted molar refractivity (Wildman–Crippen MR) is 200 cm³/mol. The predicted octanol–water partition coefficient (Wildman–Crippen LogP) is 10.4. The fraction of sp³-hybridized carbons (Fsp3) is 0.163. The van der Waals surface area contributed by atoms with Crippen molar-refractivity contribution in [1.82, 2.24) is 0 Å². The first-order chi connectivity index (χ1) is 22.0. The van der Waals surface area contributed by atoms with Crippen LogP contribution >= 0.6 is 15.8 Å². The van der Waals surface area contributed by atoms with Gasteiger partial charge in [-0.25, -0.2) is 0 Å². The molecule has 2 heteroatoms. The van der Waals surface area contributed by atoms with Crippen LogP contribution in [0.25, 0.3) is 0 Å². The van der Waals surface area contributed by atoms with Gasteiger partial charge in [-0.2, -0.15) is 0 Å². The highest BCUT2D eigenvalue weighted by Gasteiger charge is 2.34. The Morgan fingerprint density at radius 3 is 0.822 bits per heavy atom. The van der Waals surface area contributed by atoms with Gasteiger partial charge in [-0.05, 0) is 82.3 Å². The molecule has 0 saturated carbocycles. The van der Waals surface area contributed by atoms with Gasteiger partial charge in [0.15, 0.2) is 0 Å². The molecule has 6 rings (SSSR count). The monoisotopic (exact) mass is 620 g/mol. The maximum Gasteiger partial charge on any atom is 0.0131 e. The van der Waals surface area contributed by atoms with E-state index in [0.29, 0.717) is 11.3 Å². The zero-order valence-corrected chi connectivity index (χ0v) is 28.6. The number of benzene rings is 6. The fourth-order valence-electron chi connectivity index (χ4n) is 6.18. The Balaban J connectivity index is 1.56. The van der Waals surface area contributed by atoms with E-state index in [9.17, 15) is 0 Å². The largest absolute Gasteiger partial charge is 0.0622 e. The molecule has 0 spiro atoms. The third-order valence-electron chi connectivity index (χ3n) is 8.69. The van der Waals surface area contributed by atoms with Crippen molar-refractivity contribution in [2.75, 3.05) is 0 Å². The van der Waals surface area contributed by atoms with Gasteiger partial charge in [-0.3, -0.25) is 0 Å². The number of hydrogen-bond acceptors (Lipinski definition) is 0. The molecule has 0 heterocycles. The van der Waals surface area contributed by atoms with Crippen LogP contribution < -0.4 is 21.2 Å². The second-order valence-corrected chi connectivity index (χ2v) is 17.0. The molecule has 2 unspecified atom stereocenters. The van der Waals surface area contributed by atoms with Crippen LogP contribution in [0.2, 0.25) is 0 Å². The summed E-state index contributed by atoms with van der Waals surface area (Å²) in [6, 6.07) is 60.1. The summed E-state index contributed by atoms with van der Waals surface area (Å²) in [5.41, 5.74) is 8.73. The van der Waals surface area contributed by atoms with E-state index in [2.05, 4.69) is 185 Å². The first kappa shape index (κ1) is 31.2. The van der Waals surface area contributed by atoms with Crippen LogP contribution in [-0.2, 0) is 0 Å². The van der Waals surface area contributed by atoms with Gasteiger partial charge in [-0.1, -0.05) is 180 Å². The normalized spacial score (nSPS) is 12.8. The van der Waals surface area contributed by atoms with E-state index in [1.54, 1.807) is 0 Å². The van der Waals surface area contributed by atoms with Crippen molar-refractivity contribution in [2.24, 2.45) is 0 Å². The minimum Gasteiger partial charge on any atom is -0.0622 e. The minimum atomic E-state index is -0.701. The Morgan fingerprint density at radius 2 is 0.578 bits per heavy atom. The summed E-state index contributed by atoms with van der Waals surface area (Å²) < 4.78 is 0. The Kier molecular flexibility index (Phi) is 10.1. The van der Waals surface area contributed by atoms with E-state index in [1.807, 2.05) is 0 Å². The van der Waals surface area contributed by atoms with Gasteiger partial charge >= 0.3 is 0 Å². The Labute approximate surface area is 272 Å². The summed E-state index contributed by atoms with van der Waals surface area (Å²) in [5.74, 6) is 0. The molecule has 45 heavy (non-hydrogen) atoms. The van der Waals surface area contributed by atoms with E-state index in [1.165, 1.54) is 54.6 Å². The van der Waals surface area contributed by atoms with Crippen LogP contribution in [-0.4, -0.2) is 0 Å². The van der Waals surface area contributed by atoms with E-state index in [-0.39, 0.29) is 0 Å². The highest BCUT2D eigenvalue weighted by Crippen LogP contribution is 2.60. The van der Waals surface area contributed by atoms with Gasteiger partial charge in [0.05, 0.1) is 0 Å². The van der Waals surface area contributed by atoms with E-state index < -0.39 is 15.8 Å². The quantitative estimate of drug-likeness (QED) is 0.134. The molecule has 0 N–H and O–H groups in total. The van der Waals surface area contributed by atoms with Gasteiger partial charge in [0, 0.05) is 11.3 Å². The van der Waals surface area contributed by atoms with E-state index >= 15 is 0 Å². The second kappa shape index (κ2) is 14.5. The van der Waals surface area contributed by atoms with Crippen molar-refractivity contribution in [3.8, 4) is 0 Å². The smallest absolute Gasteiger partial charge is 0.0131 e. The first-order valence-electron chi connectivity index (χ1n) is 15.9. The zero-order chi connectivity index (χ0) is 31.2. The van der Waals surface area contributed by atoms with Crippen LogP contribution in [0, 0.1) is 27.7 Å². The van der Waals surface area contributed by atoms with Crippen molar-refractivity contribution >= 4 is 37.1 Å². The van der Waals surface area contributed by atoms with E-state index in [0.717, 1.165) is 6.42 Å². The topological polar surface area (TPSA) is 0 Å². The summed E-state index contributed by atoms with van der Waals surface area (Å²) in [7, 11) is -1.40. The highest BCUT2D eigenvalue weighted by atomic mass is 31.1. The van der Waals surface area contributed by atoms with Crippen molar-refractivity contribution < 1.29 is 0 Å². The average Bonchev–Trinajstić information content (AvgIpc) is 3.08. The number of rotatable bonds is 10. The molecule has 0 saturated heterocycles.